The molecular weight excluding hydrogens is 483 g/mol. The standard InChI is InChI=1S/C29H31FN6O2/c1-19-15-21(4-7-23(19)29(37)35-13-11-34(12-14-35)22-5-6-22)33-28-26-18-31-17-25(36(26)10-9-32-28)20-3-8-27(38-2)24(30)16-20/h3-4,7-10,15-18,22,31H,5-6,11-14H2,1-2H3,(H,32,33). The second kappa shape index (κ2) is 9.98. The molecule has 0 unspecified atom stereocenters. The molecule has 1 amide bonds. The van der Waals surface area contributed by atoms with Crippen molar-refractivity contribution in [3.05, 3.63) is 89.4 Å². The molecule has 2 N–H and O–H groups in total. The predicted molar refractivity (Wildman–Crippen MR) is 146 cm³/mol. The van der Waals surface area contributed by atoms with Gasteiger partial charge in [0.2, 0.25) is 0 Å². The van der Waals surface area contributed by atoms with Gasteiger partial charge < -0.3 is 25.2 Å². The Morgan fingerprint density at radius 2 is 1.87 bits per heavy atom. The monoisotopic (exact) mass is 514 g/mol. The minimum Gasteiger partial charge on any atom is -0.494 e. The molecular formula is C29H31FN6O2. The number of fused-ring (bicyclic) bond motifs is 1. The third kappa shape index (κ3) is 4.65. The van der Waals surface area contributed by atoms with Crippen molar-refractivity contribution >= 4 is 23.1 Å². The molecule has 4 aliphatic rings. The zero-order chi connectivity index (χ0) is 26.2. The summed E-state index contributed by atoms with van der Waals surface area (Å²) in [6.45, 7) is 5.45. The molecule has 1 aliphatic carbocycles. The van der Waals surface area contributed by atoms with E-state index < -0.39 is 5.82 Å². The van der Waals surface area contributed by atoms with Crippen LogP contribution < -0.4 is 15.4 Å². The van der Waals surface area contributed by atoms with Crippen LogP contribution in [0.25, 0.3) is 5.70 Å². The molecule has 1 saturated carbocycles. The zero-order valence-electron chi connectivity index (χ0n) is 21.6. The molecule has 0 spiro atoms. The lowest BCUT2D eigenvalue weighted by atomic mass is 10.1. The highest BCUT2D eigenvalue weighted by atomic mass is 19.1. The van der Waals surface area contributed by atoms with Crippen LogP contribution in [0, 0.1) is 12.7 Å². The molecule has 9 heteroatoms. The first-order valence-corrected chi connectivity index (χ1v) is 13.0. The van der Waals surface area contributed by atoms with Gasteiger partial charge in [-0.2, -0.15) is 0 Å². The maximum absolute atomic E-state index is 14.4. The van der Waals surface area contributed by atoms with Crippen molar-refractivity contribution in [2.75, 3.05) is 38.6 Å². The van der Waals surface area contributed by atoms with Crippen LogP contribution in [0.1, 0.15) is 34.3 Å². The van der Waals surface area contributed by atoms with Crippen molar-refractivity contribution in [3.8, 4) is 5.75 Å². The van der Waals surface area contributed by atoms with E-state index in [4.69, 9.17) is 4.74 Å². The second-order valence-electron chi connectivity index (χ2n) is 9.94. The Balaban J connectivity index is 1.15. The average molecular weight is 515 g/mol. The number of piperazine rings is 1. The van der Waals surface area contributed by atoms with Crippen LogP contribution in [-0.2, 0) is 0 Å². The summed E-state index contributed by atoms with van der Waals surface area (Å²) in [5.41, 5.74) is 4.73. The lowest BCUT2D eigenvalue weighted by molar-refractivity contribution is 0.0626. The molecule has 196 valence electrons. The van der Waals surface area contributed by atoms with Gasteiger partial charge in [-0.1, -0.05) is 0 Å². The highest BCUT2D eigenvalue weighted by Crippen LogP contribution is 2.32. The van der Waals surface area contributed by atoms with E-state index in [-0.39, 0.29) is 11.7 Å². The zero-order valence-corrected chi connectivity index (χ0v) is 21.6. The van der Waals surface area contributed by atoms with Gasteiger partial charge in [0.25, 0.3) is 5.91 Å². The number of nitrogens with zero attached hydrogens (tertiary/aromatic N) is 4. The molecule has 1 saturated heterocycles. The summed E-state index contributed by atoms with van der Waals surface area (Å²) in [6.07, 6.45) is 9.78. The van der Waals surface area contributed by atoms with E-state index in [0.29, 0.717) is 11.4 Å². The number of ether oxygens (including phenoxy) is 1. The van der Waals surface area contributed by atoms with Crippen LogP contribution >= 0.6 is 0 Å². The van der Waals surface area contributed by atoms with Gasteiger partial charge in [-0.25, -0.2) is 9.38 Å². The van der Waals surface area contributed by atoms with Crippen molar-refractivity contribution in [1.29, 1.82) is 0 Å². The van der Waals surface area contributed by atoms with Crippen molar-refractivity contribution in [3.63, 3.8) is 0 Å². The van der Waals surface area contributed by atoms with E-state index in [2.05, 4.69) is 20.5 Å². The van der Waals surface area contributed by atoms with E-state index in [1.54, 1.807) is 12.3 Å². The molecule has 2 aromatic carbocycles. The molecule has 0 radical (unpaired) electrons. The van der Waals surface area contributed by atoms with Gasteiger partial charge in [0, 0.05) is 73.8 Å². The van der Waals surface area contributed by atoms with Crippen LogP contribution in [0.15, 0.2) is 71.9 Å². The van der Waals surface area contributed by atoms with Gasteiger partial charge in [0.15, 0.2) is 17.4 Å². The highest BCUT2D eigenvalue weighted by Gasteiger charge is 2.32. The molecule has 38 heavy (non-hydrogen) atoms. The Morgan fingerprint density at radius 3 is 2.58 bits per heavy atom. The van der Waals surface area contributed by atoms with Crippen LogP contribution in [0.5, 0.6) is 5.75 Å². The minimum atomic E-state index is -0.426. The summed E-state index contributed by atoms with van der Waals surface area (Å²) < 4.78 is 19.5. The smallest absolute Gasteiger partial charge is 0.254 e. The van der Waals surface area contributed by atoms with E-state index in [1.165, 1.54) is 26.0 Å². The SMILES string of the molecule is COc1ccc(C2=CNC=C3C(Nc4ccc(C(=O)N5CCN(C6CC6)CC5)c(C)c4)=NC=CN32)cc1F. The predicted octanol–water partition coefficient (Wildman–Crippen LogP) is 4.10. The van der Waals surface area contributed by atoms with E-state index >= 15 is 0 Å². The fourth-order valence-electron chi connectivity index (χ4n) is 5.21. The molecule has 2 aromatic rings. The number of methoxy groups -OCH3 is 1. The molecule has 2 fully saturated rings. The minimum absolute atomic E-state index is 0.0919. The van der Waals surface area contributed by atoms with Crippen molar-refractivity contribution < 1.29 is 13.9 Å². The number of hydrogen-bond acceptors (Lipinski definition) is 7. The largest absolute Gasteiger partial charge is 0.494 e. The first-order chi connectivity index (χ1) is 18.5. The number of aliphatic imine (C=N–C) groups is 1. The Bertz CT molecular complexity index is 1390. The molecule has 3 heterocycles. The normalized spacial score (nSPS) is 19.2. The number of carbonyl (C=O) groups excluding carboxylic acids is 1. The fraction of sp³-hybridized carbons (Fsp3) is 0.310. The highest BCUT2D eigenvalue weighted by molar-refractivity contribution is 6.10. The summed E-state index contributed by atoms with van der Waals surface area (Å²) in [5.74, 6) is 0.498. The maximum atomic E-state index is 14.4. The van der Waals surface area contributed by atoms with Crippen molar-refractivity contribution in [2.24, 2.45) is 4.99 Å². The summed E-state index contributed by atoms with van der Waals surface area (Å²) in [7, 11) is 1.45. The summed E-state index contributed by atoms with van der Waals surface area (Å²) in [4.78, 5) is 24.2. The number of aryl methyl sites for hydroxylation is 1. The van der Waals surface area contributed by atoms with E-state index in [0.717, 1.165) is 60.4 Å². The third-order valence-electron chi connectivity index (χ3n) is 7.45. The van der Waals surface area contributed by atoms with Crippen molar-refractivity contribution in [2.45, 2.75) is 25.8 Å². The number of amidine groups is 1. The fourth-order valence-corrected chi connectivity index (χ4v) is 5.21. The number of benzene rings is 2. The van der Waals surface area contributed by atoms with Gasteiger partial charge in [0.1, 0.15) is 5.70 Å². The van der Waals surface area contributed by atoms with Gasteiger partial charge in [-0.05, 0) is 61.7 Å². The third-order valence-corrected chi connectivity index (χ3v) is 7.45. The molecule has 6 rings (SSSR count). The summed E-state index contributed by atoms with van der Waals surface area (Å²) in [5, 5.41) is 6.54. The van der Waals surface area contributed by atoms with Gasteiger partial charge in [-0.15, -0.1) is 0 Å². The molecule has 3 aliphatic heterocycles. The van der Waals surface area contributed by atoms with E-state index in [9.17, 15) is 9.18 Å². The van der Waals surface area contributed by atoms with Gasteiger partial charge >= 0.3 is 0 Å². The molecule has 8 nitrogen and oxygen atoms in total. The van der Waals surface area contributed by atoms with Crippen LogP contribution in [0.2, 0.25) is 0 Å². The second-order valence-corrected chi connectivity index (χ2v) is 9.94. The number of rotatable bonds is 5. The number of halogens is 1. The first-order valence-electron chi connectivity index (χ1n) is 13.0. The summed E-state index contributed by atoms with van der Waals surface area (Å²) in [6, 6.07) is 11.4. The van der Waals surface area contributed by atoms with Crippen molar-refractivity contribution in [1.82, 2.24) is 20.0 Å². The summed E-state index contributed by atoms with van der Waals surface area (Å²) >= 11 is 0. The Hall–Kier alpha value is -4.11. The topological polar surface area (TPSA) is 72.4 Å². The number of carbonyl (C=O) groups is 1. The number of nitrogens with one attached hydrogen (secondary N) is 2. The van der Waals surface area contributed by atoms with Gasteiger partial charge in [0.05, 0.1) is 12.8 Å². The Morgan fingerprint density at radius 1 is 1.08 bits per heavy atom. The van der Waals surface area contributed by atoms with Crippen LogP contribution in [0.4, 0.5) is 10.1 Å². The Kier molecular flexibility index (Phi) is 6.37. The number of anilines is 1. The molecule has 0 bridgehead atoms. The van der Waals surface area contributed by atoms with Crippen LogP contribution in [0.3, 0.4) is 0 Å². The number of hydrogen-bond donors (Lipinski definition) is 2. The lowest BCUT2D eigenvalue weighted by Gasteiger charge is -2.35. The quantitative estimate of drug-likeness (QED) is 0.626. The lowest BCUT2D eigenvalue weighted by Crippen LogP contribution is -2.49. The molecule has 0 atom stereocenters. The van der Waals surface area contributed by atoms with Gasteiger partial charge in [-0.3, -0.25) is 9.69 Å². The van der Waals surface area contributed by atoms with Crippen LogP contribution in [-0.4, -0.2) is 65.8 Å². The Labute approximate surface area is 221 Å². The number of amides is 1. The first kappa shape index (κ1) is 24.2. The average Bonchev–Trinajstić information content (AvgIpc) is 3.79. The van der Waals surface area contributed by atoms with E-state index in [1.807, 2.05) is 59.6 Å². The molecule has 0 aromatic heterocycles. The maximum Gasteiger partial charge on any atom is 0.254 e.